The molecule has 1 aromatic rings. The van der Waals surface area contributed by atoms with E-state index < -0.39 is 0 Å². The first-order valence-electron chi connectivity index (χ1n) is 8.98. The van der Waals surface area contributed by atoms with Crippen LogP contribution in [0.3, 0.4) is 0 Å². The molecular weight excluding hydrogens is 288 g/mol. The summed E-state index contributed by atoms with van der Waals surface area (Å²) in [5.41, 5.74) is 1.59. The molecule has 3 rings (SSSR count). The maximum Gasteiger partial charge on any atom is 0.134 e. The third kappa shape index (κ3) is 4.44. The van der Waals surface area contributed by atoms with Gasteiger partial charge in [0.2, 0.25) is 0 Å². The highest BCUT2D eigenvalue weighted by Crippen LogP contribution is 2.25. The first-order chi connectivity index (χ1) is 11.4. The molecule has 1 saturated heterocycles. The van der Waals surface area contributed by atoms with Crippen molar-refractivity contribution in [1.82, 2.24) is 9.97 Å². The molecule has 2 heterocycles. The van der Waals surface area contributed by atoms with Gasteiger partial charge in [-0.1, -0.05) is 18.1 Å². The van der Waals surface area contributed by atoms with Crippen LogP contribution in [0, 0.1) is 0 Å². The zero-order chi connectivity index (χ0) is 15.9. The quantitative estimate of drug-likeness (QED) is 0.790. The van der Waals surface area contributed by atoms with Crippen molar-refractivity contribution in [2.75, 3.05) is 29.9 Å². The number of aliphatic hydroxyl groups is 1. The average molecular weight is 316 g/mol. The third-order valence-electron chi connectivity index (χ3n) is 4.92. The highest BCUT2D eigenvalue weighted by atomic mass is 16.3. The van der Waals surface area contributed by atoms with Crippen LogP contribution < -0.4 is 10.2 Å². The lowest BCUT2D eigenvalue weighted by atomic mass is 10.1. The number of hydrogen-bond donors (Lipinski definition) is 2. The molecule has 0 spiro atoms. The van der Waals surface area contributed by atoms with Crippen LogP contribution in [0.2, 0.25) is 0 Å². The van der Waals surface area contributed by atoms with Gasteiger partial charge in [0.05, 0.1) is 12.6 Å². The molecule has 1 fully saturated rings. The number of allylic oxidation sites excluding steroid dienone is 1. The summed E-state index contributed by atoms with van der Waals surface area (Å²) < 4.78 is 0. The van der Waals surface area contributed by atoms with Crippen molar-refractivity contribution >= 4 is 11.6 Å². The van der Waals surface area contributed by atoms with Crippen molar-refractivity contribution in [3.05, 3.63) is 24.0 Å². The minimum atomic E-state index is 0.195. The monoisotopic (exact) mass is 316 g/mol. The Kier molecular flexibility index (Phi) is 5.86. The van der Waals surface area contributed by atoms with Crippen molar-refractivity contribution in [1.29, 1.82) is 0 Å². The van der Waals surface area contributed by atoms with Gasteiger partial charge in [0.1, 0.15) is 18.0 Å². The van der Waals surface area contributed by atoms with E-state index >= 15 is 0 Å². The lowest BCUT2D eigenvalue weighted by Gasteiger charge is -2.24. The van der Waals surface area contributed by atoms with E-state index in [-0.39, 0.29) is 12.6 Å². The normalized spacial score (nSPS) is 21.9. The van der Waals surface area contributed by atoms with Crippen LogP contribution in [0.5, 0.6) is 0 Å². The van der Waals surface area contributed by atoms with Gasteiger partial charge in [0, 0.05) is 19.2 Å². The number of nitrogens with zero attached hydrogens (tertiary/aromatic N) is 3. The minimum Gasteiger partial charge on any atom is -0.394 e. The van der Waals surface area contributed by atoms with Crippen LogP contribution >= 0.6 is 0 Å². The smallest absolute Gasteiger partial charge is 0.134 e. The van der Waals surface area contributed by atoms with Gasteiger partial charge in [-0.15, -0.1) is 0 Å². The van der Waals surface area contributed by atoms with Crippen LogP contribution in [0.1, 0.15) is 51.4 Å². The molecule has 126 valence electrons. The van der Waals surface area contributed by atoms with Gasteiger partial charge < -0.3 is 15.3 Å². The van der Waals surface area contributed by atoms with Crippen molar-refractivity contribution in [2.45, 2.75) is 57.4 Å². The molecule has 1 aliphatic heterocycles. The van der Waals surface area contributed by atoms with Gasteiger partial charge in [-0.25, -0.2) is 9.97 Å². The van der Waals surface area contributed by atoms with Crippen LogP contribution in [0.4, 0.5) is 11.6 Å². The number of nitrogens with one attached hydrogen (secondary N) is 1. The molecule has 1 atom stereocenters. The van der Waals surface area contributed by atoms with E-state index in [0.717, 1.165) is 44.0 Å². The van der Waals surface area contributed by atoms with E-state index in [0.29, 0.717) is 0 Å². The van der Waals surface area contributed by atoms with Gasteiger partial charge in [0.25, 0.3) is 0 Å². The van der Waals surface area contributed by atoms with E-state index in [1.165, 1.54) is 32.1 Å². The maximum atomic E-state index is 9.47. The standard InChI is InChI=1S/C18H28N4O/c23-13-16-8-5-11-22(16)18-12-17(20-14-21-18)19-10-9-15-6-3-1-2-4-7-15/h6,12,14,16,23H,1-5,7-11,13H2,(H,19,20,21). The number of anilines is 2. The summed E-state index contributed by atoms with van der Waals surface area (Å²) >= 11 is 0. The topological polar surface area (TPSA) is 61.3 Å². The predicted molar refractivity (Wildman–Crippen MR) is 93.8 cm³/mol. The molecule has 23 heavy (non-hydrogen) atoms. The Labute approximate surface area is 138 Å². The average Bonchev–Trinajstić information content (AvgIpc) is 2.92. The SMILES string of the molecule is OCC1CCCN1c1cc(NCCC2=CCCCCC2)ncn1. The summed E-state index contributed by atoms with van der Waals surface area (Å²) in [6.07, 6.45) is 13.8. The Bertz CT molecular complexity index is 532. The Hall–Kier alpha value is -1.62. The molecule has 0 aromatic carbocycles. The third-order valence-corrected chi connectivity index (χ3v) is 4.92. The van der Waals surface area contributed by atoms with E-state index in [1.807, 2.05) is 6.07 Å². The Balaban J connectivity index is 1.54. The molecule has 2 N–H and O–H groups in total. The molecule has 1 unspecified atom stereocenters. The molecule has 1 aliphatic carbocycles. The summed E-state index contributed by atoms with van der Waals surface area (Å²) in [7, 11) is 0. The zero-order valence-electron chi connectivity index (χ0n) is 13.9. The molecule has 1 aromatic heterocycles. The highest BCUT2D eigenvalue weighted by molar-refractivity contribution is 5.49. The number of aromatic nitrogens is 2. The predicted octanol–water partition coefficient (Wildman–Crippen LogP) is 3.13. The maximum absolute atomic E-state index is 9.47. The molecule has 0 saturated carbocycles. The second-order valence-corrected chi connectivity index (χ2v) is 6.57. The van der Waals surface area contributed by atoms with Crippen LogP contribution in [0.25, 0.3) is 0 Å². The molecule has 5 heteroatoms. The first-order valence-corrected chi connectivity index (χ1v) is 8.98. The van der Waals surface area contributed by atoms with Crippen LogP contribution in [-0.2, 0) is 0 Å². The Morgan fingerprint density at radius 3 is 3.09 bits per heavy atom. The van der Waals surface area contributed by atoms with Gasteiger partial charge in [0.15, 0.2) is 0 Å². The van der Waals surface area contributed by atoms with E-state index in [1.54, 1.807) is 11.9 Å². The molecular formula is C18H28N4O. The fourth-order valence-corrected chi connectivity index (χ4v) is 3.59. The summed E-state index contributed by atoms with van der Waals surface area (Å²) in [5.74, 6) is 1.81. The number of aliphatic hydroxyl groups excluding tert-OH is 1. The largest absolute Gasteiger partial charge is 0.394 e. The number of hydrogen-bond acceptors (Lipinski definition) is 5. The van der Waals surface area contributed by atoms with Crippen molar-refractivity contribution in [3.8, 4) is 0 Å². The second-order valence-electron chi connectivity index (χ2n) is 6.57. The van der Waals surface area contributed by atoms with Crippen molar-refractivity contribution in [2.24, 2.45) is 0 Å². The Morgan fingerprint density at radius 2 is 2.17 bits per heavy atom. The fourth-order valence-electron chi connectivity index (χ4n) is 3.59. The number of rotatable bonds is 6. The van der Waals surface area contributed by atoms with Crippen molar-refractivity contribution in [3.63, 3.8) is 0 Å². The van der Waals surface area contributed by atoms with E-state index in [9.17, 15) is 5.11 Å². The first kappa shape index (κ1) is 16.2. The summed E-state index contributed by atoms with van der Waals surface area (Å²) in [6, 6.07) is 2.21. The van der Waals surface area contributed by atoms with Gasteiger partial charge in [-0.3, -0.25) is 0 Å². The zero-order valence-corrected chi connectivity index (χ0v) is 13.9. The lowest BCUT2D eigenvalue weighted by molar-refractivity contribution is 0.266. The van der Waals surface area contributed by atoms with Gasteiger partial charge in [-0.05, 0) is 44.9 Å². The summed E-state index contributed by atoms with van der Waals surface area (Å²) in [6.45, 7) is 2.08. The molecule has 0 bridgehead atoms. The van der Waals surface area contributed by atoms with Crippen molar-refractivity contribution < 1.29 is 5.11 Å². The minimum absolute atomic E-state index is 0.195. The second kappa shape index (κ2) is 8.29. The van der Waals surface area contributed by atoms with Crippen LogP contribution in [-0.4, -0.2) is 40.8 Å². The highest BCUT2D eigenvalue weighted by Gasteiger charge is 2.25. The molecule has 0 amide bonds. The summed E-state index contributed by atoms with van der Waals surface area (Å²) in [4.78, 5) is 10.9. The fraction of sp³-hybridized carbons (Fsp3) is 0.667. The Morgan fingerprint density at radius 1 is 1.22 bits per heavy atom. The molecule has 5 nitrogen and oxygen atoms in total. The summed E-state index contributed by atoms with van der Waals surface area (Å²) in [5, 5.41) is 12.9. The van der Waals surface area contributed by atoms with E-state index in [4.69, 9.17) is 0 Å². The van der Waals surface area contributed by atoms with Crippen LogP contribution in [0.15, 0.2) is 24.0 Å². The molecule has 0 radical (unpaired) electrons. The van der Waals surface area contributed by atoms with Gasteiger partial charge >= 0.3 is 0 Å². The van der Waals surface area contributed by atoms with Gasteiger partial charge in [-0.2, -0.15) is 0 Å². The lowest BCUT2D eigenvalue weighted by Crippen LogP contribution is -2.32. The van der Waals surface area contributed by atoms with E-state index in [2.05, 4.69) is 26.3 Å². The molecule has 2 aliphatic rings.